The van der Waals surface area contributed by atoms with Gasteiger partial charge >= 0.3 is 0 Å². The third-order valence-electron chi connectivity index (χ3n) is 4.22. The zero-order valence-electron chi connectivity index (χ0n) is 15.0. The van der Waals surface area contributed by atoms with Crippen LogP contribution < -0.4 is 10.1 Å². The van der Waals surface area contributed by atoms with Crippen LogP contribution in [0.4, 0.5) is 5.69 Å². The van der Waals surface area contributed by atoms with Crippen LogP contribution in [0.15, 0.2) is 90.6 Å². The summed E-state index contributed by atoms with van der Waals surface area (Å²) >= 11 is 1.58. The number of anilines is 1. The molecule has 0 spiro atoms. The molecule has 0 fully saturated rings. The first kappa shape index (κ1) is 17.9. The topological polar surface area (TPSA) is 51.2 Å². The van der Waals surface area contributed by atoms with E-state index < -0.39 is 0 Å². The van der Waals surface area contributed by atoms with Crippen LogP contribution in [-0.4, -0.2) is 17.5 Å². The molecule has 1 heterocycles. The van der Waals surface area contributed by atoms with Crippen LogP contribution in [0.25, 0.3) is 21.6 Å². The number of nitrogens with one attached hydrogen (secondary N) is 1. The number of carbonyl (C=O) groups is 1. The zero-order chi connectivity index (χ0) is 19.2. The Morgan fingerprint density at radius 3 is 2.21 bits per heavy atom. The molecular weight excluding hydrogens is 368 g/mol. The monoisotopic (exact) mass is 386 g/mol. The molecule has 0 bridgehead atoms. The van der Waals surface area contributed by atoms with Gasteiger partial charge in [-0.2, -0.15) is 0 Å². The smallest absolute Gasteiger partial charge is 0.262 e. The van der Waals surface area contributed by atoms with Gasteiger partial charge in [-0.15, -0.1) is 11.3 Å². The largest absolute Gasteiger partial charge is 0.484 e. The first-order chi connectivity index (χ1) is 13.8. The van der Waals surface area contributed by atoms with Crippen molar-refractivity contribution in [3.63, 3.8) is 0 Å². The maximum absolute atomic E-state index is 12.2. The lowest BCUT2D eigenvalue weighted by molar-refractivity contribution is -0.118. The lowest BCUT2D eigenvalue weighted by Crippen LogP contribution is -2.20. The molecule has 138 valence electrons. The van der Waals surface area contributed by atoms with Crippen LogP contribution in [0, 0.1) is 0 Å². The summed E-state index contributed by atoms with van der Waals surface area (Å²) in [4.78, 5) is 17.3. The van der Waals surface area contributed by atoms with E-state index >= 15 is 0 Å². The fourth-order valence-corrected chi connectivity index (χ4v) is 3.43. The molecule has 0 aliphatic rings. The SMILES string of the molecule is O=C(COc1ccc(-c2cncs2)cc1)Nc1ccc(-c2ccccc2)cc1. The van der Waals surface area contributed by atoms with Gasteiger partial charge in [0.2, 0.25) is 0 Å². The maximum Gasteiger partial charge on any atom is 0.262 e. The Balaban J connectivity index is 1.31. The fourth-order valence-electron chi connectivity index (χ4n) is 2.80. The van der Waals surface area contributed by atoms with E-state index in [1.807, 2.05) is 72.9 Å². The van der Waals surface area contributed by atoms with Gasteiger partial charge in [0, 0.05) is 11.9 Å². The van der Waals surface area contributed by atoms with Gasteiger partial charge in [0.25, 0.3) is 5.91 Å². The number of carbonyl (C=O) groups excluding carboxylic acids is 1. The van der Waals surface area contributed by atoms with Gasteiger partial charge in [0.05, 0.1) is 10.4 Å². The summed E-state index contributed by atoms with van der Waals surface area (Å²) in [5.41, 5.74) is 5.88. The summed E-state index contributed by atoms with van der Waals surface area (Å²) in [5.74, 6) is 0.460. The minimum atomic E-state index is -0.195. The van der Waals surface area contributed by atoms with Gasteiger partial charge < -0.3 is 10.1 Å². The number of nitrogens with zero attached hydrogens (tertiary/aromatic N) is 1. The lowest BCUT2D eigenvalue weighted by atomic mass is 10.1. The molecule has 4 nitrogen and oxygen atoms in total. The van der Waals surface area contributed by atoms with Crippen molar-refractivity contribution in [2.24, 2.45) is 0 Å². The quantitative estimate of drug-likeness (QED) is 0.476. The van der Waals surface area contributed by atoms with Crippen LogP contribution in [0.2, 0.25) is 0 Å². The van der Waals surface area contributed by atoms with Crippen molar-refractivity contribution in [1.29, 1.82) is 0 Å². The highest BCUT2D eigenvalue weighted by Gasteiger charge is 2.05. The molecule has 0 atom stereocenters. The summed E-state index contributed by atoms with van der Waals surface area (Å²) in [6.45, 7) is -0.0413. The van der Waals surface area contributed by atoms with Crippen molar-refractivity contribution in [3.05, 3.63) is 90.6 Å². The molecule has 4 aromatic rings. The lowest BCUT2D eigenvalue weighted by Gasteiger charge is -2.09. The van der Waals surface area contributed by atoms with E-state index in [-0.39, 0.29) is 12.5 Å². The van der Waals surface area contributed by atoms with Crippen LogP contribution >= 0.6 is 11.3 Å². The first-order valence-corrected chi connectivity index (χ1v) is 9.73. The van der Waals surface area contributed by atoms with Crippen molar-refractivity contribution in [2.45, 2.75) is 0 Å². The molecule has 3 aromatic carbocycles. The average molecular weight is 386 g/mol. The van der Waals surface area contributed by atoms with Gasteiger partial charge in [-0.1, -0.05) is 42.5 Å². The Labute approximate surface area is 167 Å². The van der Waals surface area contributed by atoms with E-state index in [0.717, 1.165) is 27.3 Å². The van der Waals surface area contributed by atoms with Gasteiger partial charge in [-0.3, -0.25) is 9.78 Å². The van der Waals surface area contributed by atoms with Gasteiger partial charge in [-0.25, -0.2) is 0 Å². The Morgan fingerprint density at radius 1 is 0.857 bits per heavy atom. The number of amides is 1. The second kappa shape index (κ2) is 8.50. The summed E-state index contributed by atoms with van der Waals surface area (Å²) in [6.07, 6.45) is 1.83. The zero-order valence-corrected chi connectivity index (χ0v) is 15.9. The number of aromatic nitrogens is 1. The van der Waals surface area contributed by atoms with Gasteiger partial charge in [0.15, 0.2) is 6.61 Å². The minimum Gasteiger partial charge on any atom is -0.484 e. The molecule has 0 saturated heterocycles. The molecular formula is C23H18N2O2S. The first-order valence-electron chi connectivity index (χ1n) is 8.85. The average Bonchev–Trinajstić information content (AvgIpc) is 3.29. The Bertz CT molecular complexity index is 1030. The van der Waals surface area contributed by atoms with Crippen molar-refractivity contribution in [1.82, 2.24) is 4.98 Å². The molecule has 1 aromatic heterocycles. The number of ether oxygens (including phenoxy) is 1. The number of hydrogen-bond acceptors (Lipinski definition) is 4. The predicted octanol–water partition coefficient (Wildman–Crippen LogP) is 5.49. The normalized spacial score (nSPS) is 10.4. The summed E-state index contributed by atoms with van der Waals surface area (Å²) in [5, 5.41) is 2.85. The van der Waals surface area contributed by atoms with Gasteiger partial charge in [-0.05, 0) is 53.1 Å². The molecule has 4 rings (SSSR count). The highest BCUT2D eigenvalue weighted by atomic mass is 32.1. The van der Waals surface area contributed by atoms with Gasteiger partial charge in [0.1, 0.15) is 5.75 Å². The third kappa shape index (κ3) is 4.45. The standard InChI is InChI=1S/C23H18N2O2S/c26-23(15-27-21-12-8-19(9-13-21)22-14-24-16-28-22)25-20-10-6-18(7-11-20)17-4-2-1-3-5-17/h1-14,16H,15H2,(H,25,26). The van der Waals surface area contributed by atoms with Crippen molar-refractivity contribution in [2.75, 3.05) is 11.9 Å². The Kier molecular flexibility index (Phi) is 5.45. The van der Waals surface area contributed by atoms with E-state index in [1.54, 1.807) is 16.8 Å². The number of hydrogen-bond donors (Lipinski definition) is 1. The molecule has 0 saturated carbocycles. The van der Waals surface area contributed by atoms with Crippen LogP contribution in [0.3, 0.4) is 0 Å². The number of rotatable bonds is 6. The van der Waals surface area contributed by atoms with E-state index in [9.17, 15) is 4.79 Å². The highest BCUT2D eigenvalue weighted by molar-refractivity contribution is 7.13. The third-order valence-corrected chi connectivity index (χ3v) is 5.04. The van der Waals surface area contributed by atoms with E-state index in [2.05, 4.69) is 22.4 Å². The summed E-state index contributed by atoms with van der Waals surface area (Å²) in [7, 11) is 0. The maximum atomic E-state index is 12.2. The van der Waals surface area contributed by atoms with E-state index in [4.69, 9.17) is 4.74 Å². The van der Waals surface area contributed by atoms with Crippen molar-refractivity contribution < 1.29 is 9.53 Å². The summed E-state index contributed by atoms with van der Waals surface area (Å²) in [6, 6.07) is 25.5. The number of thiazole rings is 1. The predicted molar refractivity (Wildman–Crippen MR) is 114 cm³/mol. The van der Waals surface area contributed by atoms with Crippen LogP contribution in [0.5, 0.6) is 5.75 Å². The van der Waals surface area contributed by atoms with E-state index in [1.165, 1.54) is 0 Å². The molecule has 5 heteroatoms. The molecule has 0 radical (unpaired) electrons. The molecule has 0 unspecified atom stereocenters. The Hall–Kier alpha value is -3.44. The minimum absolute atomic E-state index is 0.0413. The fraction of sp³-hybridized carbons (Fsp3) is 0.0435. The van der Waals surface area contributed by atoms with Crippen molar-refractivity contribution >= 4 is 22.9 Å². The molecule has 0 aliphatic carbocycles. The molecule has 1 N–H and O–H groups in total. The van der Waals surface area contributed by atoms with E-state index in [0.29, 0.717) is 5.75 Å². The second-order valence-corrected chi connectivity index (χ2v) is 7.06. The Morgan fingerprint density at radius 2 is 1.54 bits per heavy atom. The highest BCUT2D eigenvalue weighted by Crippen LogP contribution is 2.25. The second-order valence-electron chi connectivity index (χ2n) is 6.17. The number of benzene rings is 3. The van der Waals surface area contributed by atoms with Crippen LogP contribution in [-0.2, 0) is 4.79 Å². The van der Waals surface area contributed by atoms with Crippen molar-refractivity contribution in [3.8, 4) is 27.3 Å². The molecule has 0 aliphatic heterocycles. The van der Waals surface area contributed by atoms with Crippen LogP contribution in [0.1, 0.15) is 0 Å². The molecule has 28 heavy (non-hydrogen) atoms. The molecule has 1 amide bonds. The summed E-state index contributed by atoms with van der Waals surface area (Å²) < 4.78 is 5.58.